The summed E-state index contributed by atoms with van der Waals surface area (Å²) in [6, 6.07) is 6.37. The lowest BCUT2D eigenvalue weighted by Crippen LogP contribution is -2.38. The van der Waals surface area contributed by atoms with E-state index in [1.165, 1.54) is 5.82 Å². The molecule has 1 N–H and O–H groups in total. The average Bonchev–Trinajstić information content (AvgIpc) is 3.04. The van der Waals surface area contributed by atoms with E-state index in [1.807, 2.05) is 12.1 Å². The van der Waals surface area contributed by atoms with Gasteiger partial charge >= 0.3 is 0 Å². The molecule has 2 aromatic rings. The first-order valence-corrected chi connectivity index (χ1v) is 8.23. The van der Waals surface area contributed by atoms with E-state index < -0.39 is 0 Å². The molecule has 3 nitrogen and oxygen atoms in total. The molecule has 1 fully saturated rings. The second kappa shape index (κ2) is 5.29. The summed E-state index contributed by atoms with van der Waals surface area (Å²) >= 11 is 6.47. The van der Waals surface area contributed by atoms with Crippen molar-refractivity contribution in [1.82, 2.24) is 14.9 Å². The molecule has 1 unspecified atom stereocenters. The second-order valence-corrected chi connectivity index (χ2v) is 7.15. The molecule has 3 rings (SSSR count). The van der Waals surface area contributed by atoms with Crippen LogP contribution in [0.5, 0.6) is 0 Å². The molecule has 0 radical (unpaired) electrons. The van der Waals surface area contributed by atoms with Gasteiger partial charge in [-0.3, -0.25) is 0 Å². The Morgan fingerprint density at radius 1 is 1.29 bits per heavy atom. The van der Waals surface area contributed by atoms with E-state index in [0.717, 1.165) is 35.6 Å². The van der Waals surface area contributed by atoms with Gasteiger partial charge in [0.15, 0.2) is 0 Å². The molecule has 0 spiro atoms. The van der Waals surface area contributed by atoms with E-state index in [4.69, 9.17) is 16.6 Å². The first-order chi connectivity index (χ1) is 9.97. The van der Waals surface area contributed by atoms with Crippen molar-refractivity contribution in [3.8, 4) is 0 Å². The SMILES string of the molecule is CC(C)n1c(C2(C(C)C)CCNC2)nc2cccc(Cl)c21. The van der Waals surface area contributed by atoms with Crippen molar-refractivity contribution in [2.45, 2.75) is 45.6 Å². The van der Waals surface area contributed by atoms with Gasteiger partial charge in [-0.2, -0.15) is 0 Å². The maximum absolute atomic E-state index is 6.47. The minimum atomic E-state index is 0.104. The molecular formula is C17H24ClN3. The number of para-hydroxylation sites is 1. The minimum absolute atomic E-state index is 0.104. The van der Waals surface area contributed by atoms with E-state index in [0.29, 0.717) is 12.0 Å². The van der Waals surface area contributed by atoms with Gasteiger partial charge in [-0.1, -0.05) is 31.5 Å². The number of benzene rings is 1. The maximum atomic E-state index is 6.47. The van der Waals surface area contributed by atoms with E-state index in [-0.39, 0.29) is 5.41 Å². The highest BCUT2D eigenvalue weighted by molar-refractivity contribution is 6.35. The lowest BCUT2D eigenvalue weighted by atomic mass is 9.75. The average molecular weight is 306 g/mol. The molecule has 1 saturated heterocycles. The molecule has 2 heterocycles. The third kappa shape index (κ3) is 2.18. The molecule has 0 bridgehead atoms. The minimum Gasteiger partial charge on any atom is -0.324 e. The van der Waals surface area contributed by atoms with Crippen LogP contribution in [0.2, 0.25) is 5.02 Å². The number of nitrogens with one attached hydrogen (secondary N) is 1. The number of fused-ring (bicyclic) bond motifs is 1. The first-order valence-electron chi connectivity index (χ1n) is 7.85. The fourth-order valence-corrected chi connectivity index (χ4v) is 3.87. The van der Waals surface area contributed by atoms with Crippen molar-refractivity contribution in [3.05, 3.63) is 29.0 Å². The maximum Gasteiger partial charge on any atom is 0.117 e. The third-order valence-electron chi connectivity index (χ3n) is 4.92. The summed E-state index contributed by atoms with van der Waals surface area (Å²) in [4.78, 5) is 5.01. The van der Waals surface area contributed by atoms with Crippen LogP contribution in [0.3, 0.4) is 0 Å². The highest BCUT2D eigenvalue weighted by atomic mass is 35.5. The molecule has 0 aliphatic carbocycles. The van der Waals surface area contributed by atoms with Crippen molar-refractivity contribution < 1.29 is 0 Å². The summed E-state index contributed by atoms with van der Waals surface area (Å²) < 4.78 is 2.35. The standard InChI is InChI=1S/C17H24ClN3/c1-11(2)17(8-9-19-10-17)16-20-14-7-5-6-13(18)15(14)21(16)12(3)4/h5-7,11-12,19H,8-10H2,1-4H3. The first kappa shape index (κ1) is 14.9. The zero-order chi connectivity index (χ0) is 15.2. The zero-order valence-corrected chi connectivity index (χ0v) is 14.0. The Morgan fingerprint density at radius 3 is 2.62 bits per heavy atom. The van der Waals surface area contributed by atoms with E-state index >= 15 is 0 Å². The number of aromatic nitrogens is 2. The van der Waals surface area contributed by atoms with Gasteiger partial charge in [0.1, 0.15) is 5.82 Å². The van der Waals surface area contributed by atoms with Crippen LogP contribution in [0.4, 0.5) is 0 Å². The van der Waals surface area contributed by atoms with Crippen LogP contribution in [-0.4, -0.2) is 22.6 Å². The Morgan fingerprint density at radius 2 is 2.05 bits per heavy atom. The van der Waals surface area contributed by atoms with Gasteiger partial charge in [-0.15, -0.1) is 0 Å². The van der Waals surface area contributed by atoms with Crippen molar-refractivity contribution in [3.63, 3.8) is 0 Å². The number of hydrogen-bond donors (Lipinski definition) is 1. The number of hydrogen-bond acceptors (Lipinski definition) is 2. The van der Waals surface area contributed by atoms with Crippen molar-refractivity contribution >= 4 is 22.6 Å². The molecule has 4 heteroatoms. The van der Waals surface area contributed by atoms with Crippen LogP contribution in [0, 0.1) is 5.92 Å². The summed E-state index contributed by atoms with van der Waals surface area (Å²) in [6.07, 6.45) is 1.14. The number of nitrogens with zero attached hydrogens (tertiary/aromatic N) is 2. The lowest BCUT2D eigenvalue weighted by molar-refractivity contribution is 0.302. The predicted octanol–water partition coefficient (Wildman–Crippen LogP) is 4.16. The van der Waals surface area contributed by atoms with Gasteiger partial charge in [-0.05, 0) is 44.9 Å². The molecule has 114 valence electrons. The summed E-state index contributed by atoms with van der Waals surface area (Å²) in [5, 5.41) is 4.33. The molecule has 0 amide bonds. The molecule has 1 atom stereocenters. The summed E-state index contributed by atoms with van der Waals surface area (Å²) in [5.74, 6) is 1.74. The number of halogens is 1. The van der Waals surface area contributed by atoms with Gasteiger partial charge in [0.25, 0.3) is 0 Å². The molecular weight excluding hydrogens is 282 g/mol. The fraction of sp³-hybridized carbons (Fsp3) is 0.588. The van der Waals surface area contributed by atoms with Crippen LogP contribution < -0.4 is 5.32 Å². The highest BCUT2D eigenvalue weighted by Crippen LogP contribution is 2.41. The Balaban J connectivity index is 2.32. The molecule has 21 heavy (non-hydrogen) atoms. The molecule has 1 aliphatic heterocycles. The Bertz CT molecular complexity index is 651. The predicted molar refractivity (Wildman–Crippen MR) is 89.1 cm³/mol. The van der Waals surface area contributed by atoms with Crippen LogP contribution in [0.1, 0.15) is 46.0 Å². The van der Waals surface area contributed by atoms with Gasteiger partial charge < -0.3 is 9.88 Å². The van der Waals surface area contributed by atoms with Crippen LogP contribution in [-0.2, 0) is 5.41 Å². The van der Waals surface area contributed by atoms with Gasteiger partial charge in [0, 0.05) is 18.0 Å². The van der Waals surface area contributed by atoms with Crippen molar-refractivity contribution in [2.75, 3.05) is 13.1 Å². The normalized spacial score (nSPS) is 22.8. The van der Waals surface area contributed by atoms with E-state index in [1.54, 1.807) is 0 Å². The molecule has 0 saturated carbocycles. The Labute approximate surface area is 131 Å². The highest BCUT2D eigenvalue weighted by Gasteiger charge is 2.43. The van der Waals surface area contributed by atoms with E-state index in [9.17, 15) is 0 Å². The van der Waals surface area contributed by atoms with Crippen molar-refractivity contribution in [2.24, 2.45) is 5.92 Å². The molecule has 1 aliphatic rings. The number of rotatable bonds is 3. The van der Waals surface area contributed by atoms with Crippen LogP contribution in [0.25, 0.3) is 11.0 Å². The summed E-state index contributed by atoms with van der Waals surface area (Å²) in [6.45, 7) is 11.1. The molecule has 1 aromatic carbocycles. The topological polar surface area (TPSA) is 29.9 Å². The van der Waals surface area contributed by atoms with Crippen LogP contribution >= 0.6 is 11.6 Å². The van der Waals surface area contributed by atoms with Crippen LogP contribution in [0.15, 0.2) is 18.2 Å². The molecule has 1 aromatic heterocycles. The van der Waals surface area contributed by atoms with Gasteiger partial charge in [-0.25, -0.2) is 4.98 Å². The van der Waals surface area contributed by atoms with Gasteiger partial charge in [0.2, 0.25) is 0 Å². The Kier molecular flexibility index (Phi) is 3.74. The quantitative estimate of drug-likeness (QED) is 0.923. The summed E-state index contributed by atoms with van der Waals surface area (Å²) in [7, 11) is 0. The van der Waals surface area contributed by atoms with E-state index in [2.05, 4.69) is 43.6 Å². The van der Waals surface area contributed by atoms with Crippen molar-refractivity contribution in [1.29, 1.82) is 0 Å². The zero-order valence-electron chi connectivity index (χ0n) is 13.3. The second-order valence-electron chi connectivity index (χ2n) is 6.74. The Hall–Kier alpha value is -1.06. The van der Waals surface area contributed by atoms with Gasteiger partial charge in [0.05, 0.1) is 16.1 Å². The monoisotopic (exact) mass is 305 g/mol. The summed E-state index contributed by atoms with van der Waals surface area (Å²) in [5.41, 5.74) is 2.20. The largest absolute Gasteiger partial charge is 0.324 e. The number of imidazole rings is 1. The third-order valence-corrected chi connectivity index (χ3v) is 5.22. The smallest absolute Gasteiger partial charge is 0.117 e. The lowest BCUT2D eigenvalue weighted by Gasteiger charge is -2.33. The fourth-order valence-electron chi connectivity index (χ4n) is 3.61.